The molecule has 0 bridgehead atoms. The van der Waals surface area contributed by atoms with Crippen LogP contribution in [0, 0.1) is 12.7 Å². The molecule has 2 heterocycles. The smallest absolute Gasteiger partial charge is 0.229 e. The fraction of sp³-hybridized carbons (Fsp3) is 0.188. The quantitative estimate of drug-likeness (QED) is 0.196. The van der Waals surface area contributed by atoms with Crippen LogP contribution in [0.3, 0.4) is 0 Å². The van der Waals surface area contributed by atoms with Gasteiger partial charge in [0.05, 0.1) is 26.9 Å². The molecule has 0 aliphatic carbocycles. The van der Waals surface area contributed by atoms with E-state index in [1.807, 2.05) is 67.6 Å². The average Bonchev–Trinajstić information content (AvgIpc) is 3.02. The first-order valence-corrected chi connectivity index (χ1v) is 13.2. The van der Waals surface area contributed by atoms with Crippen LogP contribution in [0.25, 0.3) is 11.4 Å². The van der Waals surface area contributed by atoms with Crippen molar-refractivity contribution >= 4 is 17.5 Å². The molecule has 0 radical (unpaired) electrons. The first kappa shape index (κ1) is 28.3. The second-order valence-corrected chi connectivity index (χ2v) is 9.43. The highest BCUT2D eigenvalue weighted by atomic mass is 19.1. The molecule has 0 aliphatic rings. The van der Waals surface area contributed by atoms with Crippen LogP contribution >= 0.6 is 0 Å². The van der Waals surface area contributed by atoms with Crippen LogP contribution in [0.2, 0.25) is 0 Å². The van der Waals surface area contributed by atoms with Crippen LogP contribution in [-0.4, -0.2) is 41.3 Å². The van der Waals surface area contributed by atoms with Crippen molar-refractivity contribution in [1.29, 1.82) is 0 Å². The second-order valence-electron chi connectivity index (χ2n) is 9.43. The van der Waals surface area contributed by atoms with E-state index in [1.54, 1.807) is 32.5 Å². The molecule has 9 nitrogen and oxygen atoms in total. The summed E-state index contributed by atoms with van der Waals surface area (Å²) in [4.78, 5) is 20.9. The Bertz CT molecular complexity index is 1600. The van der Waals surface area contributed by atoms with Gasteiger partial charge in [-0.25, -0.2) is 14.4 Å². The number of benzene rings is 3. The van der Waals surface area contributed by atoms with Crippen LogP contribution in [0.5, 0.6) is 17.2 Å². The molecule has 214 valence electrons. The lowest BCUT2D eigenvalue weighted by atomic mass is 10.1. The third-order valence-electron chi connectivity index (χ3n) is 6.55. The van der Waals surface area contributed by atoms with E-state index in [4.69, 9.17) is 24.2 Å². The van der Waals surface area contributed by atoms with E-state index >= 15 is 0 Å². The molecule has 1 N–H and O–H groups in total. The van der Waals surface area contributed by atoms with Crippen molar-refractivity contribution in [2.75, 3.05) is 31.5 Å². The first-order valence-electron chi connectivity index (χ1n) is 13.2. The van der Waals surface area contributed by atoms with E-state index in [0.717, 1.165) is 22.6 Å². The number of hydrogen-bond acceptors (Lipinski definition) is 9. The van der Waals surface area contributed by atoms with Gasteiger partial charge in [-0.1, -0.05) is 24.3 Å². The molecule has 3 aromatic carbocycles. The molecule has 0 fully saturated rings. The number of rotatable bonds is 11. The van der Waals surface area contributed by atoms with Crippen molar-refractivity contribution in [3.05, 3.63) is 108 Å². The van der Waals surface area contributed by atoms with Crippen LogP contribution in [0.4, 0.5) is 21.8 Å². The standard InChI is InChI=1S/C32H31FN6O3/c1-21-35-31(27-6-5-17-34-30(27)37-24-11-16-28(33)29(18-24)42-4)38-32(36-21)39(19-22-7-12-25(40-2)13-8-22)20-23-9-14-26(41-3)15-10-23/h5-18H,19-20H2,1-4H3,(H,34,37). The number of pyridine rings is 1. The number of aryl methyl sites for hydroxylation is 1. The Morgan fingerprint density at radius 3 is 2.00 bits per heavy atom. The van der Waals surface area contributed by atoms with Crippen LogP contribution in [0.15, 0.2) is 85.1 Å². The Labute approximate surface area is 244 Å². The van der Waals surface area contributed by atoms with Gasteiger partial charge in [0.2, 0.25) is 5.95 Å². The lowest BCUT2D eigenvalue weighted by Crippen LogP contribution is -2.25. The van der Waals surface area contributed by atoms with Gasteiger partial charge in [-0.05, 0) is 66.6 Å². The summed E-state index contributed by atoms with van der Waals surface area (Å²) < 4.78 is 29.8. The maximum Gasteiger partial charge on any atom is 0.229 e. The van der Waals surface area contributed by atoms with Crippen LogP contribution in [-0.2, 0) is 13.1 Å². The van der Waals surface area contributed by atoms with Gasteiger partial charge < -0.3 is 24.4 Å². The molecule has 0 atom stereocenters. The van der Waals surface area contributed by atoms with Crippen LogP contribution < -0.4 is 24.4 Å². The van der Waals surface area contributed by atoms with Gasteiger partial charge in [-0.3, -0.25) is 0 Å². The predicted octanol–water partition coefficient (Wildman–Crippen LogP) is 6.36. The SMILES string of the molecule is COc1ccc(CN(Cc2ccc(OC)cc2)c2nc(C)nc(-c3cccnc3Nc3ccc(F)c(OC)c3)n2)cc1. The van der Waals surface area contributed by atoms with Crippen molar-refractivity contribution in [3.8, 4) is 28.6 Å². The van der Waals surface area contributed by atoms with Crippen molar-refractivity contribution in [1.82, 2.24) is 19.9 Å². The lowest BCUT2D eigenvalue weighted by Gasteiger charge is -2.24. The molecule has 0 aliphatic heterocycles. The summed E-state index contributed by atoms with van der Waals surface area (Å²) in [6.45, 7) is 2.93. The van der Waals surface area contributed by atoms with Gasteiger partial charge in [0.1, 0.15) is 23.1 Å². The summed E-state index contributed by atoms with van der Waals surface area (Å²) in [6.07, 6.45) is 1.67. The summed E-state index contributed by atoms with van der Waals surface area (Å²) in [5.74, 6) is 3.30. The minimum absolute atomic E-state index is 0.128. The summed E-state index contributed by atoms with van der Waals surface area (Å²) in [5, 5.41) is 3.25. The minimum atomic E-state index is -0.448. The van der Waals surface area contributed by atoms with Gasteiger partial charge in [-0.2, -0.15) is 9.97 Å². The number of anilines is 3. The molecule has 0 amide bonds. The summed E-state index contributed by atoms with van der Waals surface area (Å²) >= 11 is 0. The molecule has 42 heavy (non-hydrogen) atoms. The number of nitrogens with one attached hydrogen (secondary N) is 1. The van der Waals surface area contributed by atoms with Crippen LogP contribution in [0.1, 0.15) is 17.0 Å². The van der Waals surface area contributed by atoms with E-state index in [9.17, 15) is 4.39 Å². The van der Waals surface area contributed by atoms with E-state index in [0.29, 0.717) is 47.8 Å². The summed E-state index contributed by atoms with van der Waals surface area (Å²) in [6, 6.07) is 24.1. The number of nitrogens with zero attached hydrogens (tertiary/aromatic N) is 5. The Kier molecular flexibility index (Phi) is 8.72. The molecule has 0 unspecified atom stereocenters. The molecule has 10 heteroatoms. The van der Waals surface area contributed by atoms with Gasteiger partial charge in [-0.15, -0.1) is 0 Å². The van der Waals surface area contributed by atoms with Gasteiger partial charge in [0.25, 0.3) is 0 Å². The lowest BCUT2D eigenvalue weighted by molar-refractivity contribution is 0.387. The monoisotopic (exact) mass is 566 g/mol. The Hall–Kier alpha value is -5.25. The average molecular weight is 567 g/mol. The highest BCUT2D eigenvalue weighted by Gasteiger charge is 2.18. The zero-order valence-electron chi connectivity index (χ0n) is 23.8. The van der Waals surface area contributed by atoms with E-state index in [1.165, 1.54) is 13.2 Å². The number of ether oxygens (including phenoxy) is 3. The number of halogens is 1. The highest BCUT2D eigenvalue weighted by molar-refractivity contribution is 5.75. The maximum absolute atomic E-state index is 14.0. The highest BCUT2D eigenvalue weighted by Crippen LogP contribution is 2.30. The third-order valence-corrected chi connectivity index (χ3v) is 6.55. The van der Waals surface area contributed by atoms with Gasteiger partial charge >= 0.3 is 0 Å². The van der Waals surface area contributed by atoms with Crippen molar-refractivity contribution in [2.45, 2.75) is 20.0 Å². The number of hydrogen-bond donors (Lipinski definition) is 1. The molecule has 5 aromatic rings. The molecule has 0 saturated carbocycles. The van der Waals surface area contributed by atoms with E-state index in [2.05, 4.69) is 20.2 Å². The molecule has 0 spiro atoms. The van der Waals surface area contributed by atoms with Gasteiger partial charge in [0, 0.05) is 31.0 Å². The molecule has 5 rings (SSSR count). The normalized spacial score (nSPS) is 10.7. The predicted molar refractivity (Wildman–Crippen MR) is 160 cm³/mol. The summed E-state index contributed by atoms with van der Waals surface area (Å²) in [5.41, 5.74) is 3.41. The maximum atomic E-state index is 14.0. The Morgan fingerprint density at radius 2 is 1.40 bits per heavy atom. The molecule has 0 saturated heterocycles. The first-order chi connectivity index (χ1) is 20.4. The molecule has 2 aromatic heterocycles. The number of methoxy groups -OCH3 is 3. The zero-order valence-corrected chi connectivity index (χ0v) is 23.8. The van der Waals surface area contributed by atoms with Crippen molar-refractivity contribution in [3.63, 3.8) is 0 Å². The third kappa shape index (κ3) is 6.72. The molecular weight excluding hydrogens is 535 g/mol. The van der Waals surface area contributed by atoms with Gasteiger partial charge in [0.15, 0.2) is 17.4 Å². The Morgan fingerprint density at radius 1 is 0.762 bits per heavy atom. The Balaban J connectivity index is 1.51. The van der Waals surface area contributed by atoms with E-state index < -0.39 is 5.82 Å². The zero-order chi connectivity index (χ0) is 29.5. The van der Waals surface area contributed by atoms with Crippen molar-refractivity contribution in [2.24, 2.45) is 0 Å². The fourth-order valence-corrected chi connectivity index (χ4v) is 4.39. The second kappa shape index (κ2) is 12.9. The fourth-order valence-electron chi connectivity index (χ4n) is 4.39. The number of aromatic nitrogens is 4. The minimum Gasteiger partial charge on any atom is -0.497 e. The van der Waals surface area contributed by atoms with Crippen molar-refractivity contribution < 1.29 is 18.6 Å². The topological polar surface area (TPSA) is 94.5 Å². The summed E-state index contributed by atoms with van der Waals surface area (Å²) in [7, 11) is 4.72. The largest absolute Gasteiger partial charge is 0.497 e. The van der Waals surface area contributed by atoms with E-state index in [-0.39, 0.29) is 5.75 Å². The molecular formula is C32H31FN6O3.